The zero-order chi connectivity index (χ0) is 11.4. The molecular weight excluding hydrogens is 222 g/mol. The molecule has 2 N–H and O–H groups in total. The molecular formula is C12H19NO2S. The van der Waals surface area contributed by atoms with Crippen LogP contribution in [0.4, 0.5) is 0 Å². The van der Waals surface area contributed by atoms with Gasteiger partial charge in [0.25, 0.3) is 0 Å². The van der Waals surface area contributed by atoms with Crippen molar-refractivity contribution in [1.82, 2.24) is 5.32 Å². The highest BCUT2D eigenvalue weighted by atomic mass is 32.1. The van der Waals surface area contributed by atoms with Crippen LogP contribution in [0.3, 0.4) is 0 Å². The number of aliphatic hydroxyl groups is 1. The zero-order valence-electron chi connectivity index (χ0n) is 9.61. The van der Waals surface area contributed by atoms with Gasteiger partial charge in [-0.05, 0) is 30.9 Å². The molecule has 0 aliphatic heterocycles. The van der Waals surface area contributed by atoms with Gasteiger partial charge in [0.1, 0.15) is 0 Å². The van der Waals surface area contributed by atoms with E-state index in [0.717, 1.165) is 31.0 Å². The second kappa shape index (κ2) is 5.66. The SMILES string of the molecule is COc1ccc(CNCC2CCCC2O)s1. The van der Waals surface area contributed by atoms with Crippen LogP contribution < -0.4 is 10.1 Å². The second-order valence-electron chi connectivity index (χ2n) is 4.31. The number of aliphatic hydroxyl groups excluding tert-OH is 1. The van der Waals surface area contributed by atoms with Crippen LogP contribution >= 0.6 is 11.3 Å². The van der Waals surface area contributed by atoms with Crippen LogP contribution in [0.15, 0.2) is 12.1 Å². The smallest absolute Gasteiger partial charge is 0.173 e. The quantitative estimate of drug-likeness (QED) is 0.828. The van der Waals surface area contributed by atoms with Gasteiger partial charge in [0.2, 0.25) is 0 Å². The summed E-state index contributed by atoms with van der Waals surface area (Å²) < 4.78 is 5.14. The van der Waals surface area contributed by atoms with Gasteiger partial charge in [-0.1, -0.05) is 6.42 Å². The highest BCUT2D eigenvalue weighted by molar-refractivity contribution is 7.13. The van der Waals surface area contributed by atoms with E-state index in [2.05, 4.69) is 11.4 Å². The van der Waals surface area contributed by atoms with E-state index in [9.17, 15) is 5.11 Å². The van der Waals surface area contributed by atoms with Gasteiger partial charge in [0.15, 0.2) is 5.06 Å². The van der Waals surface area contributed by atoms with Crippen LogP contribution in [0, 0.1) is 5.92 Å². The molecule has 90 valence electrons. The zero-order valence-corrected chi connectivity index (χ0v) is 10.4. The van der Waals surface area contributed by atoms with E-state index in [1.54, 1.807) is 18.4 Å². The van der Waals surface area contributed by atoms with Gasteiger partial charge in [-0.2, -0.15) is 0 Å². The Labute approximate surface area is 100 Å². The maximum atomic E-state index is 9.67. The third-order valence-electron chi connectivity index (χ3n) is 3.16. The lowest BCUT2D eigenvalue weighted by molar-refractivity contribution is 0.131. The first-order valence-corrected chi connectivity index (χ1v) is 6.62. The minimum absolute atomic E-state index is 0.0922. The molecule has 16 heavy (non-hydrogen) atoms. The molecule has 2 atom stereocenters. The van der Waals surface area contributed by atoms with Crippen molar-refractivity contribution in [3.05, 3.63) is 17.0 Å². The fourth-order valence-corrected chi connectivity index (χ4v) is 2.99. The molecule has 4 heteroatoms. The molecule has 2 rings (SSSR count). The molecule has 0 spiro atoms. The van der Waals surface area contributed by atoms with Gasteiger partial charge >= 0.3 is 0 Å². The summed E-state index contributed by atoms with van der Waals surface area (Å²) in [6.07, 6.45) is 3.20. The number of thiophene rings is 1. The molecule has 2 unspecified atom stereocenters. The number of rotatable bonds is 5. The van der Waals surface area contributed by atoms with E-state index >= 15 is 0 Å². The Morgan fingerprint density at radius 1 is 1.50 bits per heavy atom. The molecule has 0 saturated heterocycles. The van der Waals surface area contributed by atoms with E-state index in [4.69, 9.17) is 4.74 Å². The first kappa shape index (κ1) is 11.9. The summed E-state index contributed by atoms with van der Waals surface area (Å²) in [5, 5.41) is 14.0. The molecule has 1 aromatic rings. The molecule has 1 aliphatic rings. The Kier molecular flexibility index (Phi) is 4.21. The fourth-order valence-electron chi connectivity index (χ4n) is 2.20. The molecule has 0 bridgehead atoms. The van der Waals surface area contributed by atoms with Gasteiger partial charge in [-0.3, -0.25) is 0 Å². The van der Waals surface area contributed by atoms with Crippen molar-refractivity contribution in [2.24, 2.45) is 5.92 Å². The van der Waals surface area contributed by atoms with Crippen molar-refractivity contribution in [1.29, 1.82) is 0 Å². The van der Waals surface area contributed by atoms with Crippen molar-refractivity contribution < 1.29 is 9.84 Å². The molecule has 1 aromatic heterocycles. The molecule has 3 nitrogen and oxygen atoms in total. The van der Waals surface area contributed by atoms with E-state index < -0.39 is 0 Å². The Bertz CT molecular complexity index is 327. The summed E-state index contributed by atoms with van der Waals surface area (Å²) in [6, 6.07) is 4.08. The molecule has 1 aliphatic carbocycles. The topological polar surface area (TPSA) is 41.5 Å². The summed E-state index contributed by atoms with van der Waals surface area (Å²) >= 11 is 1.67. The lowest BCUT2D eigenvalue weighted by Gasteiger charge is -2.14. The number of hydrogen-bond acceptors (Lipinski definition) is 4. The second-order valence-corrected chi connectivity index (χ2v) is 5.44. The first-order valence-electron chi connectivity index (χ1n) is 5.81. The number of ether oxygens (including phenoxy) is 1. The van der Waals surface area contributed by atoms with Crippen LogP contribution in [0.5, 0.6) is 5.06 Å². The van der Waals surface area contributed by atoms with Crippen molar-refractivity contribution in [3.63, 3.8) is 0 Å². The van der Waals surface area contributed by atoms with Crippen LogP contribution in [0.25, 0.3) is 0 Å². The van der Waals surface area contributed by atoms with Crippen LogP contribution in [0.2, 0.25) is 0 Å². The van der Waals surface area contributed by atoms with E-state index in [1.165, 1.54) is 11.3 Å². The van der Waals surface area contributed by atoms with Gasteiger partial charge in [0, 0.05) is 18.0 Å². The van der Waals surface area contributed by atoms with Crippen molar-refractivity contribution >= 4 is 11.3 Å². The normalized spacial score (nSPS) is 24.9. The Balaban J connectivity index is 1.71. The Morgan fingerprint density at radius 3 is 3.00 bits per heavy atom. The third kappa shape index (κ3) is 2.97. The van der Waals surface area contributed by atoms with Gasteiger partial charge < -0.3 is 15.2 Å². The average Bonchev–Trinajstić information content (AvgIpc) is 2.89. The lowest BCUT2D eigenvalue weighted by Crippen LogP contribution is -2.27. The average molecular weight is 241 g/mol. The molecule has 1 saturated carbocycles. The monoisotopic (exact) mass is 241 g/mol. The van der Waals surface area contributed by atoms with Gasteiger partial charge in [0.05, 0.1) is 13.2 Å². The number of methoxy groups -OCH3 is 1. The maximum Gasteiger partial charge on any atom is 0.173 e. The van der Waals surface area contributed by atoms with E-state index in [-0.39, 0.29) is 6.10 Å². The van der Waals surface area contributed by atoms with Crippen molar-refractivity contribution in [3.8, 4) is 5.06 Å². The van der Waals surface area contributed by atoms with Crippen molar-refractivity contribution in [2.75, 3.05) is 13.7 Å². The highest BCUT2D eigenvalue weighted by Crippen LogP contribution is 2.26. The predicted molar refractivity (Wildman–Crippen MR) is 65.9 cm³/mol. The number of hydrogen-bond donors (Lipinski definition) is 2. The fraction of sp³-hybridized carbons (Fsp3) is 0.667. The Morgan fingerprint density at radius 2 is 2.38 bits per heavy atom. The lowest BCUT2D eigenvalue weighted by atomic mass is 10.1. The number of nitrogens with one attached hydrogen (secondary N) is 1. The maximum absolute atomic E-state index is 9.67. The molecule has 1 fully saturated rings. The van der Waals surface area contributed by atoms with E-state index in [1.807, 2.05) is 6.07 Å². The summed E-state index contributed by atoms with van der Waals surface area (Å²) in [4.78, 5) is 1.28. The summed E-state index contributed by atoms with van der Waals surface area (Å²) in [5.74, 6) is 0.446. The Hall–Kier alpha value is -0.580. The minimum Gasteiger partial charge on any atom is -0.487 e. The van der Waals surface area contributed by atoms with Crippen LogP contribution in [-0.4, -0.2) is 24.9 Å². The standard InChI is InChI=1S/C12H19NO2S/c1-15-12-6-5-10(16-12)8-13-7-9-3-2-4-11(9)14/h5-6,9,11,13-14H,2-4,7-8H2,1H3. The summed E-state index contributed by atoms with van der Waals surface area (Å²) in [7, 11) is 1.69. The predicted octanol–water partition coefficient (Wildman–Crippen LogP) is 2.01. The van der Waals surface area contributed by atoms with E-state index in [0.29, 0.717) is 5.92 Å². The summed E-state index contributed by atoms with van der Waals surface area (Å²) in [5.41, 5.74) is 0. The molecule has 0 radical (unpaired) electrons. The molecule has 0 amide bonds. The molecule has 0 aromatic carbocycles. The van der Waals surface area contributed by atoms with Gasteiger partial charge in [-0.15, -0.1) is 11.3 Å². The van der Waals surface area contributed by atoms with Crippen LogP contribution in [0.1, 0.15) is 24.1 Å². The molecule has 1 heterocycles. The van der Waals surface area contributed by atoms with Crippen molar-refractivity contribution in [2.45, 2.75) is 31.9 Å². The highest BCUT2D eigenvalue weighted by Gasteiger charge is 2.24. The third-order valence-corrected chi connectivity index (χ3v) is 4.21. The first-order chi connectivity index (χ1) is 7.79. The van der Waals surface area contributed by atoms with Crippen LogP contribution in [-0.2, 0) is 6.54 Å². The summed E-state index contributed by atoms with van der Waals surface area (Å²) in [6.45, 7) is 1.79. The minimum atomic E-state index is -0.0922. The largest absolute Gasteiger partial charge is 0.487 e. The van der Waals surface area contributed by atoms with Gasteiger partial charge in [-0.25, -0.2) is 0 Å².